The van der Waals surface area contributed by atoms with E-state index in [0.29, 0.717) is 5.69 Å². The number of aromatic amines is 2. The van der Waals surface area contributed by atoms with E-state index in [1.54, 1.807) is 12.4 Å². The molecular weight excluding hydrogens is 156 g/mol. The van der Waals surface area contributed by atoms with Crippen molar-refractivity contribution >= 4 is 0 Å². The second-order valence-corrected chi connectivity index (χ2v) is 2.28. The Balaban J connectivity index is 2.55. The van der Waals surface area contributed by atoms with Gasteiger partial charge in [0.25, 0.3) is 5.56 Å². The third-order valence-electron chi connectivity index (χ3n) is 1.47. The van der Waals surface area contributed by atoms with E-state index < -0.39 is 0 Å². The summed E-state index contributed by atoms with van der Waals surface area (Å²) >= 11 is 0. The zero-order chi connectivity index (χ0) is 8.39. The predicted octanol–water partition coefficient (Wildman–Crippen LogP) is 0.160. The fraction of sp³-hybridized carbons (Fsp3) is 0. The molecular formula is C7H6N4O. The number of H-pyrrole nitrogens is 2. The number of nitrogens with one attached hydrogen (secondary N) is 2. The molecule has 0 aromatic carbocycles. The molecule has 5 heteroatoms. The van der Waals surface area contributed by atoms with Gasteiger partial charge in [-0.05, 0) is 0 Å². The Kier molecular flexibility index (Phi) is 1.48. The molecule has 0 saturated carbocycles. The maximum Gasteiger partial charge on any atom is 0.251 e. The number of hydrogen-bond acceptors (Lipinski definition) is 3. The number of hydrogen-bond donors (Lipinski definition) is 2. The molecule has 2 N–H and O–H groups in total. The van der Waals surface area contributed by atoms with Crippen molar-refractivity contribution in [3.63, 3.8) is 0 Å². The fourth-order valence-corrected chi connectivity index (χ4v) is 0.917. The van der Waals surface area contributed by atoms with Crippen LogP contribution in [0.4, 0.5) is 0 Å². The van der Waals surface area contributed by atoms with Gasteiger partial charge in [-0.1, -0.05) is 0 Å². The van der Waals surface area contributed by atoms with Gasteiger partial charge in [-0.25, -0.2) is 4.98 Å². The summed E-state index contributed by atoms with van der Waals surface area (Å²) in [5, 5.41) is 6.40. The largest absolute Gasteiger partial charge is 0.313 e. The first-order valence-corrected chi connectivity index (χ1v) is 3.40. The van der Waals surface area contributed by atoms with Crippen molar-refractivity contribution < 1.29 is 0 Å². The van der Waals surface area contributed by atoms with Crippen LogP contribution >= 0.6 is 0 Å². The van der Waals surface area contributed by atoms with Crippen LogP contribution in [0.3, 0.4) is 0 Å². The van der Waals surface area contributed by atoms with E-state index in [9.17, 15) is 4.79 Å². The molecule has 0 aliphatic rings. The van der Waals surface area contributed by atoms with Crippen LogP contribution < -0.4 is 5.56 Å². The molecule has 60 valence electrons. The van der Waals surface area contributed by atoms with E-state index >= 15 is 0 Å². The van der Waals surface area contributed by atoms with Gasteiger partial charge in [-0.3, -0.25) is 9.89 Å². The molecule has 0 amide bonds. The second kappa shape index (κ2) is 2.61. The average molecular weight is 162 g/mol. The maximum absolute atomic E-state index is 10.9. The van der Waals surface area contributed by atoms with Gasteiger partial charge in [0.15, 0.2) is 0 Å². The van der Waals surface area contributed by atoms with E-state index in [-0.39, 0.29) is 5.56 Å². The number of rotatable bonds is 1. The molecule has 2 aromatic rings. The van der Waals surface area contributed by atoms with Crippen LogP contribution in [0, 0.1) is 0 Å². The van der Waals surface area contributed by atoms with Gasteiger partial charge in [0.05, 0.1) is 18.2 Å². The summed E-state index contributed by atoms with van der Waals surface area (Å²) in [5.41, 5.74) is 1.26. The zero-order valence-electron chi connectivity index (χ0n) is 6.11. The van der Waals surface area contributed by atoms with Crippen LogP contribution in [0.2, 0.25) is 0 Å². The van der Waals surface area contributed by atoms with Gasteiger partial charge in [-0.15, -0.1) is 0 Å². The van der Waals surface area contributed by atoms with Crippen LogP contribution in [0.5, 0.6) is 0 Å². The van der Waals surface area contributed by atoms with Gasteiger partial charge in [0.1, 0.15) is 0 Å². The summed E-state index contributed by atoms with van der Waals surface area (Å²) < 4.78 is 0. The van der Waals surface area contributed by atoms with Crippen LogP contribution in [0.1, 0.15) is 0 Å². The Morgan fingerprint density at radius 3 is 3.00 bits per heavy atom. The monoisotopic (exact) mass is 162 g/mol. The molecule has 0 fully saturated rings. The van der Waals surface area contributed by atoms with E-state index in [1.807, 2.05) is 0 Å². The summed E-state index contributed by atoms with van der Waals surface area (Å²) in [5.74, 6) is 0. The number of nitrogens with zero attached hydrogens (tertiary/aromatic N) is 2. The molecule has 12 heavy (non-hydrogen) atoms. The van der Waals surface area contributed by atoms with E-state index in [0.717, 1.165) is 5.56 Å². The lowest BCUT2D eigenvalue weighted by Crippen LogP contribution is -2.03. The van der Waals surface area contributed by atoms with E-state index in [2.05, 4.69) is 20.2 Å². The lowest BCUT2D eigenvalue weighted by molar-refractivity contribution is 1.09. The molecule has 0 unspecified atom stereocenters. The Morgan fingerprint density at radius 2 is 2.33 bits per heavy atom. The van der Waals surface area contributed by atoms with Crippen LogP contribution in [0.25, 0.3) is 11.3 Å². The minimum atomic E-state index is -0.166. The molecule has 0 aliphatic heterocycles. The number of aromatic nitrogens is 4. The Bertz CT molecular complexity index is 417. The lowest BCUT2D eigenvalue weighted by Gasteiger charge is -1.91. The summed E-state index contributed by atoms with van der Waals surface area (Å²) in [6.45, 7) is 0. The summed E-state index contributed by atoms with van der Waals surface area (Å²) in [7, 11) is 0. The summed E-state index contributed by atoms with van der Waals surface area (Å²) in [6, 6.07) is 1.42. The van der Waals surface area contributed by atoms with Gasteiger partial charge in [-0.2, -0.15) is 5.10 Å². The summed E-state index contributed by atoms with van der Waals surface area (Å²) in [6.07, 6.45) is 4.66. The molecule has 2 rings (SSSR count). The smallest absolute Gasteiger partial charge is 0.251 e. The van der Waals surface area contributed by atoms with Crippen LogP contribution in [-0.4, -0.2) is 20.2 Å². The van der Waals surface area contributed by atoms with Crippen molar-refractivity contribution in [3.05, 3.63) is 35.1 Å². The molecule has 0 atom stereocenters. The fourth-order valence-electron chi connectivity index (χ4n) is 0.917. The predicted molar refractivity (Wildman–Crippen MR) is 42.4 cm³/mol. The highest BCUT2D eigenvalue weighted by molar-refractivity contribution is 5.55. The van der Waals surface area contributed by atoms with Gasteiger partial charge in [0.2, 0.25) is 0 Å². The zero-order valence-corrected chi connectivity index (χ0v) is 6.11. The van der Waals surface area contributed by atoms with E-state index in [4.69, 9.17) is 0 Å². The first-order valence-electron chi connectivity index (χ1n) is 3.40. The molecule has 0 spiro atoms. The maximum atomic E-state index is 10.9. The highest BCUT2D eigenvalue weighted by Gasteiger charge is 1.98. The highest BCUT2D eigenvalue weighted by atomic mass is 16.1. The second-order valence-electron chi connectivity index (χ2n) is 2.28. The van der Waals surface area contributed by atoms with E-state index in [1.165, 1.54) is 12.4 Å². The molecule has 0 bridgehead atoms. The van der Waals surface area contributed by atoms with Crippen molar-refractivity contribution in [1.29, 1.82) is 0 Å². The molecule has 2 aromatic heterocycles. The molecule has 2 heterocycles. The third kappa shape index (κ3) is 1.12. The molecule has 0 radical (unpaired) electrons. The van der Waals surface area contributed by atoms with Gasteiger partial charge >= 0.3 is 0 Å². The van der Waals surface area contributed by atoms with Gasteiger partial charge < -0.3 is 4.98 Å². The van der Waals surface area contributed by atoms with Crippen molar-refractivity contribution in [3.8, 4) is 11.3 Å². The molecule has 0 aliphatic carbocycles. The van der Waals surface area contributed by atoms with Crippen molar-refractivity contribution in [2.45, 2.75) is 0 Å². The first kappa shape index (κ1) is 6.78. The van der Waals surface area contributed by atoms with Crippen LogP contribution in [-0.2, 0) is 0 Å². The van der Waals surface area contributed by atoms with Crippen molar-refractivity contribution in [2.75, 3.05) is 0 Å². The minimum Gasteiger partial charge on any atom is -0.313 e. The highest BCUT2D eigenvalue weighted by Crippen LogP contribution is 2.10. The standard InChI is InChI=1S/C7H6N4O/c12-7-1-6(8-4-9-7)5-2-10-11-3-5/h1-4H,(H,10,11)(H,8,9,12). The quantitative estimate of drug-likeness (QED) is 0.627. The van der Waals surface area contributed by atoms with Crippen molar-refractivity contribution in [1.82, 2.24) is 20.2 Å². The Hall–Kier alpha value is -1.91. The average Bonchev–Trinajstić information content (AvgIpc) is 2.56. The molecule has 5 nitrogen and oxygen atoms in total. The minimum absolute atomic E-state index is 0.166. The van der Waals surface area contributed by atoms with Crippen LogP contribution in [0.15, 0.2) is 29.6 Å². The lowest BCUT2D eigenvalue weighted by atomic mass is 10.2. The SMILES string of the molecule is O=c1cc(-c2cn[nH]c2)nc[nH]1. The topological polar surface area (TPSA) is 74.4 Å². The molecule has 0 saturated heterocycles. The Morgan fingerprint density at radius 1 is 1.42 bits per heavy atom. The third-order valence-corrected chi connectivity index (χ3v) is 1.47. The summed E-state index contributed by atoms with van der Waals surface area (Å²) in [4.78, 5) is 17.3. The first-order chi connectivity index (χ1) is 5.86. The van der Waals surface area contributed by atoms with Crippen molar-refractivity contribution in [2.24, 2.45) is 0 Å². The normalized spacial score (nSPS) is 10.0. The van der Waals surface area contributed by atoms with Gasteiger partial charge in [0, 0.05) is 17.8 Å². The Labute approximate surface area is 67.5 Å².